The SMILES string of the molecule is CC(Oc1cc(Oc2ccc(C(F)(F)F)cc2)ccc1[N+](=O)[O-])C(=O)Cl. The molecule has 0 saturated heterocycles. The highest BCUT2D eigenvalue weighted by Crippen LogP contribution is 2.35. The molecule has 0 aliphatic heterocycles. The first kappa shape index (κ1) is 19.5. The molecule has 0 fully saturated rings. The molecule has 0 aromatic heterocycles. The molecule has 0 spiro atoms. The molecule has 0 heterocycles. The van der Waals surface area contributed by atoms with Crippen LogP contribution in [0, 0.1) is 10.1 Å². The molecule has 6 nitrogen and oxygen atoms in total. The second-order valence-corrected chi connectivity index (χ2v) is 5.45. The van der Waals surface area contributed by atoms with Gasteiger partial charge in [-0.05, 0) is 48.9 Å². The first-order valence-corrected chi connectivity index (χ1v) is 7.45. The van der Waals surface area contributed by atoms with Gasteiger partial charge in [-0.3, -0.25) is 14.9 Å². The van der Waals surface area contributed by atoms with Crippen molar-refractivity contribution in [3.63, 3.8) is 0 Å². The van der Waals surface area contributed by atoms with E-state index in [1.807, 2.05) is 0 Å². The van der Waals surface area contributed by atoms with E-state index in [0.717, 1.165) is 36.4 Å². The fourth-order valence-electron chi connectivity index (χ4n) is 1.89. The van der Waals surface area contributed by atoms with Crippen molar-refractivity contribution in [1.82, 2.24) is 0 Å². The minimum absolute atomic E-state index is 0.0691. The van der Waals surface area contributed by atoms with Crippen molar-refractivity contribution in [2.45, 2.75) is 19.2 Å². The Morgan fingerprint density at radius 3 is 2.23 bits per heavy atom. The van der Waals surface area contributed by atoms with Gasteiger partial charge in [0.2, 0.25) is 5.75 Å². The van der Waals surface area contributed by atoms with Crippen molar-refractivity contribution in [2.24, 2.45) is 0 Å². The monoisotopic (exact) mass is 389 g/mol. The summed E-state index contributed by atoms with van der Waals surface area (Å²) in [5.74, 6) is -0.111. The van der Waals surface area contributed by atoms with Crippen LogP contribution in [0.1, 0.15) is 12.5 Å². The van der Waals surface area contributed by atoms with Crippen molar-refractivity contribution in [3.8, 4) is 17.2 Å². The molecule has 10 heteroatoms. The van der Waals surface area contributed by atoms with Crippen LogP contribution in [0.15, 0.2) is 42.5 Å². The van der Waals surface area contributed by atoms with Gasteiger partial charge in [-0.15, -0.1) is 0 Å². The molecular weight excluding hydrogens is 379 g/mol. The largest absolute Gasteiger partial charge is 0.474 e. The summed E-state index contributed by atoms with van der Waals surface area (Å²) in [6, 6.07) is 7.37. The number of nitrogens with zero attached hydrogens (tertiary/aromatic N) is 1. The van der Waals surface area contributed by atoms with Gasteiger partial charge >= 0.3 is 11.9 Å². The maximum atomic E-state index is 12.5. The number of hydrogen-bond donors (Lipinski definition) is 0. The van der Waals surface area contributed by atoms with E-state index in [9.17, 15) is 28.1 Å². The van der Waals surface area contributed by atoms with Gasteiger partial charge in [0.05, 0.1) is 10.5 Å². The van der Waals surface area contributed by atoms with Gasteiger partial charge in [0, 0.05) is 12.1 Å². The second kappa shape index (κ2) is 7.61. The van der Waals surface area contributed by atoms with Gasteiger partial charge in [0.1, 0.15) is 11.5 Å². The molecule has 0 saturated carbocycles. The van der Waals surface area contributed by atoms with Crippen LogP contribution in [0.5, 0.6) is 17.2 Å². The minimum atomic E-state index is -4.48. The third-order valence-corrected chi connectivity index (χ3v) is 3.48. The third-order valence-electron chi connectivity index (χ3n) is 3.17. The average Bonchev–Trinajstić information content (AvgIpc) is 2.54. The molecule has 1 unspecified atom stereocenters. The zero-order valence-corrected chi connectivity index (χ0v) is 13.9. The Morgan fingerprint density at radius 2 is 1.73 bits per heavy atom. The van der Waals surface area contributed by atoms with Crippen molar-refractivity contribution in [1.29, 1.82) is 0 Å². The molecule has 1 atom stereocenters. The molecule has 26 heavy (non-hydrogen) atoms. The molecule has 0 aliphatic rings. The Morgan fingerprint density at radius 1 is 1.15 bits per heavy atom. The number of nitro groups is 1. The maximum absolute atomic E-state index is 12.5. The van der Waals surface area contributed by atoms with E-state index in [0.29, 0.717) is 0 Å². The Labute approximate surface area is 150 Å². The lowest BCUT2D eigenvalue weighted by Crippen LogP contribution is -2.19. The highest BCUT2D eigenvalue weighted by molar-refractivity contribution is 6.64. The molecule has 0 bridgehead atoms. The predicted octanol–water partition coefficient (Wildman–Crippen LogP) is 4.94. The zero-order valence-electron chi connectivity index (χ0n) is 13.1. The van der Waals surface area contributed by atoms with Crippen LogP contribution in [0.2, 0.25) is 0 Å². The van der Waals surface area contributed by atoms with E-state index in [2.05, 4.69) is 0 Å². The van der Waals surface area contributed by atoms with Crippen LogP contribution in [-0.4, -0.2) is 16.3 Å². The summed E-state index contributed by atoms with van der Waals surface area (Å²) in [4.78, 5) is 21.4. The summed E-state index contributed by atoms with van der Waals surface area (Å²) >= 11 is 5.27. The number of rotatable bonds is 6. The molecule has 0 aliphatic carbocycles. The zero-order chi connectivity index (χ0) is 19.5. The quantitative estimate of drug-likeness (QED) is 0.397. The number of nitro benzene ring substituents is 1. The molecule has 2 aromatic carbocycles. The second-order valence-electron chi connectivity index (χ2n) is 5.08. The predicted molar refractivity (Wildman–Crippen MR) is 85.6 cm³/mol. The lowest BCUT2D eigenvalue weighted by Gasteiger charge is -2.13. The average molecular weight is 390 g/mol. The standard InChI is InChI=1S/C16H11ClF3NO5/c1-9(15(17)22)25-14-8-12(6-7-13(14)21(23)24)26-11-4-2-10(3-5-11)16(18,19)20/h2-9H,1H3. The van der Waals surface area contributed by atoms with E-state index < -0.39 is 33.7 Å². The Hall–Kier alpha value is -2.81. The summed E-state index contributed by atoms with van der Waals surface area (Å²) in [6.07, 6.45) is -5.62. The number of carbonyl (C=O) groups excluding carboxylic acids is 1. The van der Waals surface area contributed by atoms with E-state index in [1.54, 1.807) is 0 Å². The van der Waals surface area contributed by atoms with E-state index in [-0.39, 0.29) is 17.2 Å². The maximum Gasteiger partial charge on any atom is 0.416 e. The van der Waals surface area contributed by atoms with Gasteiger partial charge < -0.3 is 9.47 Å². The summed E-state index contributed by atoms with van der Waals surface area (Å²) < 4.78 is 48.2. The fraction of sp³-hybridized carbons (Fsp3) is 0.188. The summed E-state index contributed by atoms with van der Waals surface area (Å²) in [5.41, 5.74) is -1.26. The van der Waals surface area contributed by atoms with Crippen molar-refractivity contribution in [3.05, 3.63) is 58.1 Å². The number of halogens is 4. The number of alkyl halides is 3. The summed E-state index contributed by atoms with van der Waals surface area (Å²) in [6.45, 7) is 1.31. The van der Waals surface area contributed by atoms with Crippen LogP contribution in [0.4, 0.5) is 18.9 Å². The lowest BCUT2D eigenvalue weighted by atomic mass is 10.2. The highest BCUT2D eigenvalue weighted by Gasteiger charge is 2.30. The smallest absolute Gasteiger partial charge is 0.416 e. The minimum Gasteiger partial charge on any atom is -0.474 e. The molecule has 138 valence electrons. The molecule has 0 N–H and O–H groups in total. The van der Waals surface area contributed by atoms with E-state index >= 15 is 0 Å². The molecule has 0 amide bonds. The molecule has 2 aromatic rings. The van der Waals surface area contributed by atoms with Gasteiger partial charge in [-0.25, -0.2) is 0 Å². The van der Waals surface area contributed by atoms with Crippen molar-refractivity contribution in [2.75, 3.05) is 0 Å². The topological polar surface area (TPSA) is 78.7 Å². The fourth-order valence-corrected chi connectivity index (χ4v) is 1.93. The van der Waals surface area contributed by atoms with Gasteiger partial charge in [-0.2, -0.15) is 13.2 Å². The van der Waals surface area contributed by atoms with Crippen LogP contribution in [-0.2, 0) is 11.0 Å². The number of ether oxygens (including phenoxy) is 2. The number of carbonyl (C=O) groups is 1. The van der Waals surface area contributed by atoms with Gasteiger partial charge in [0.15, 0.2) is 6.10 Å². The Kier molecular flexibility index (Phi) is 5.71. The van der Waals surface area contributed by atoms with Gasteiger partial charge in [-0.1, -0.05) is 0 Å². The van der Waals surface area contributed by atoms with Gasteiger partial charge in [0.25, 0.3) is 5.24 Å². The van der Waals surface area contributed by atoms with Crippen LogP contribution in [0.3, 0.4) is 0 Å². The van der Waals surface area contributed by atoms with E-state index in [4.69, 9.17) is 21.1 Å². The van der Waals surface area contributed by atoms with Crippen molar-refractivity contribution >= 4 is 22.5 Å². The van der Waals surface area contributed by atoms with Crippen LogP contribution >= 0.6 is 11.6 Å². The lowest BCUT2D eigenvalue weighted by molar-refractivity contribution is -0.386. The van der Waals surface area contributed by atoms with Crippen molar-refractivity contribution < 1.29 is 32.4 Å². The molecule has 2 rings (SSSR count). The first-order chi connectivity index (χ1) is 12.1. The summed E-state index contributed by atoms with van der Waals surface area (Å²) in [7, 11) is 0. The summed E-state index contributed by atoms with van der Waals surface area (Å²) in [5, 5.41) is 10.2. The molecule has 0 radical (unpaired) electrons. The highest BCUT2D eigenvalue weighted by atomic mass is 35.5. The van der Waals surface area contributed by atoms with E-state index in [1.165, 1.54) is 13.0 Å². The Balaban J connectivity index is 2.27. The van der Waals surface area contributed by atoms with Crippen LogP contribution < -0.4 is 9.47 Å². The number of benzene rings is 2. The number of hydrogen-bond acceptors (Lipinski definition) is 5. The molecular formula is C16H11ClF3NO5. The Bertz CT molecular complexity index is 824. The third kappa shape index (κ3) is 4.85. The normalized spacial score (nSPS) is 12.3. The van der Waals surface area contributed by atoms with Crippen LogP contribution in [0.25, 0.3) is 0 Å². The first-order valence-electron chi connectivity index (χ1n) is 7.07.